The van der Waals surface area contributed by atoms with E-state index in [2.05, 4.69) is 10.2 Å². The van der Waals surface area contributed by atoms with Crippen LogP contribution in [0.5, 0.6) is 5.75 Å². The first-order chi connectivity index (χ1) is 9.74. The third kappa shape index (κ3) is 3.71. The van der Waals surface area contributed by atoms with E-state index >= 15 is 0 Å². The van der Waals surface area contributed by atoms with Crippen molar-refractivity contribution in [3.63, 3.8) is 0 Å². The molecular weight excluding hydrogens is 254 g/mol. The zero-order valence-electron chi connectivity index (χ0n) is 12.0. The number of hydrogen-bond acceptors (Lipinski definition) is 4. The first-order valence-corrected chi connectivity index (χ1v) is 7.07. The molecular formula is C15H23N3O2. The highest BCUT2D eigenvalue weighted by molar-refractivity contribution is 5.78. The maximum atomic E-state index is 12.0. The number of ether oxygens (including phenoxy) is 1. The molecule has 0 spiro atoms. The molecule has 110 valence electrons. The van der Waals surface area contributed by atoms with Crippen LogP contribution in [0, 0.1) is 0 Å². The zero-order valence-corrected chi connectivity index (χ0v) is 12.0. The van der Waals surface area contributed by atoms with Gasteiger partial charge in [-0.25, -0.2) is 0 Å². The van der Waals surface area contributed by atoms with Gasteiger partial charge in [-0.15, -0.1) is 0 Å². The first-order valence-electron chi connectivity index (χ1n) is 7.07. The highest BCUT2D eigenvalue weighted by Crippen LogP contribution is 2.17. The molecule has 20 heavy (non-hydrogen) atoms. The van der Waals surface area contributed by atoms with E-state index in [0.29, 0.717) is 25.7 Å². The molecule has 0 aromatic heterocycles. The fraction of sp³-hybridized carbons (Fsp3) is 0.533. The largest absolute Gasteiger partial charge is 0.496 e. The lowest BCUT2D eigenvalue weighted by atomic mass is 10.2. The predicted octanol–water partition coefficient (Wildman–Crippen LogP) is 0.735. The second kappa shape index (κ2) is 7.26. The lowest BCUT2D eigenvalue weighted by molar-refractivity contribution is -0.122. The van der Waals surface area contributed by atoms with Crippen molar-refractivity contribution in [3.05, 3.63) is 29.8 Å². The SMILES string of the molecule is COc1ccccc1CNC(=O)CN1CCCC1CN. The second-order valence-electron chi connectivity index (χ2n) is 5.09. The summed E-state index contributed by atoms with van der Waals surface area (Å²) in [4.78, 5) is 14.2. The summed E-state index contributed by atoms with van der Waals surface area (Å²) in [6.07, 6.45) is 2.22. The first kappa shape index (κ1) is 14.8. The maximum absolute atomic E-state index is 12.0. The minimum absolute atomic E-state index is 0.0382. The Labute approximate surface area is 120 Å². The van der Waals surface area contributed by atoms with Crippen molar-refractivity contribution in [1.29, 1.82) is 0 Å². The standard InChI is InChI=1S/C15H23N3O2/c1-20-14-7-3-2-5-12(14)10-17-15(19)11-18-8-4-6-13(18)9-16/h2-3,5,7,13H,4,6,8-11,16H2,1H3,(H,17,19). The van der Waals surface area contributed by atoms with Gasteiger partial charge in [0.25, 0.3) is 0 Å². The van der Waals surface area contributed by atoms with Gasteiger partial charge in [-0.2, -0.15) is 0 Å². The van der Waals surface area contributed by atoms with Crippen LogP contribution < -0.4 is 15.8 Å². The van der Waals surface area contributed by atoms with E-state index in [1.807, 2.05) is 24.3 Å². The Morgan fingerprint density at radius 2 is 2.30 bits per heavy atom. The van der Waals surface area contributed by atoms with Gasteiger partial charge in [-0.05, 0) is 25.5 Å². The molecule has 3 N–H and O–H groups in total. The summed E-state index contributed by atoms with van der Waals surface area (Å²) in [6, 6.07) is 8.06. The molecule has 1 unspecified atom stereocenters. The van der Waals surface area contributed by atoms with E-state index in [-0.39, 0.29) is 5.91 Å². The molecule has 1 fully saturated rings. The van der Waals surface area contributed by atoms with E-state index < -0.39 is 0 Å². The Hall–Kier alpha value is -1.59. The van der Waals surface area contributed by atoms with Crippen molar-refractivity contribution in [2.45, 2.75) is 25.4 Å². The van der Waals surface area contributed by atoms with Crippen molar-refractivity contribution in [2.24, 2.45) is 5.73 Å². The summed E-state index contributed by atoms with van der Waals surface area (Å²) in [6.45, 7) is 2.50. The Bertz CT molecular complexity index is 450. The Morgan fingerprint density at radius 3 is 3.05 bits per heavy atom. The van der Waals surface area contributed by atoms with E-state index in [9.17, 15) is 4.79 Å². The number of nitrogens with one attached hydrogen (secondary N) is 1. The highest BCUT2D eigenvalue weighted by atomic mass is 16.5. The summed E-state index contributed by atoms with van der Waals surface area (Å²) >= 11 is 0. The Morgan fingerprint density at radius 1 is 1.50 bits per heavy atom. The molecule has 5 nitrogen and oxygen atoms in total. The number of para-hydroxylation sites is 1. The van der Waals surface area contributed by atoms with E-state index in [1.165, 1.54) is 0 Å². The predicted molar refractivity (Wildman–Crippen MR) is 78.5 cm³/mol. The number of carbonyl (C=O) groups is 1. The van der Waals surface area contributed by atoms with Gasteiger partial charge in [-0.3, -0.25) is 9.69 Å². The number of carbonyl (C=O) groups excluding carboxylic acids is 1. The molecule has 5 heteroatoms. The summed E-state index contributed by atoms with van der Waals surface area (Å²) < 4.78 is 5.27. The smallest absolute Gasteiger partial charge is 0.234 e. The molecule has 1 aromatic carbocycles. The van der Waals surface area contributed by atoms with Gasteiger partial charge in [0.15, 0.2) is 0 Å². The molecule has 1 aromatic rings. The van der Waals surface area contributed by atoms with Crippen LogP contribution in [0.2, 0.25) is 0 Å². The van der Waals surface area contributed by atoms with Gasteiger partial charge in [0.2, 0.25) is 5.91 Å². The fourth-order valence-electron chi connectivity index (χ4n) is 2.65. The van der Waals surface area contributed by atoms with Crippen LogP contribution in [-0.2, 0) is 11.3 Å². The summed E-state index contributed by atoms with van der Waals surface area (Å²) in [5, 5.41) is 2.94. The number of nitrogens with zero attached hydrogens (tertiary/aromatic N) is 1. The molecule has 1 aliphatic heterocycles. The van der Waals surface area contributed by atoms with Crippen LogP contribution in [-0.4, -0.2) is 43.6 Å². The molecule has 2 rings (SSSR count). The summed E-state index contributed by atoms with van der Waals surface area (Å²) in [5.74, 6) is 0.838. The highest BCUT2D eigenvalue weighted by Gasteiger charge is 2.24. The number of likely N-dealkylation sites (tertiary alicyclic amines) is 1. The average Bonchev–Trinajstić information content (AvgIpc) is 2.92. The van der Waals surface area contributed by atoms with Crippen LogP contribution in [0.25, 0.3) is 0 Å². The maximum Gasteiger partial charge on any atom is 0.234 e. The second-order valence-corrected chi connectivity index (χ2v) is 5.09. The molecule has 0 aliphatic carbocycles. The normalized spacial score (nSPS) is 19.0. The van der Waals surface area contributed by atoms with E-state index in [0.717, 1.165) is 30.7 Å². The number of hydrogen-bond donors (Lipinski definition) is 2. The molecule has 1 aliphatic rings. The van der Waals surface area contributed by atoms with Crippen molar-refractivity contribution < 1.29 is 9.53 Å². The van der Waals surface area contributed by atoms with Gasteiger partial charge < -0.3 is 15.8 Å². The summed E-state index contributed by atoms with van der Waals surface area (Å²) in [5.41, 5.74) is 6.70. The van der Waals surface area contributed by atoms with Crippen molar-refractivity contribution in [2.75, 3.05) is 26.7 Å². The third-order valence-electron chi connectivity index (χ3n) is 3.79. The van der Waals surface area contributed by atoms with Gasteiger partial charge in [0, 0.05) is 24.7 Å². The minimum atomic E-state index is 0.0382. The van der Waals surface area contributed by atoms with Crippen molar-refractivity contribution in [1.82, 2.24) is 10.2 Å². The number of methoxy groups -OCH3 is 1. The minimum Gasteiger partial charge on any atom is -0.496 e. The van der Waals surface area contributed by atoms with Gasteiger partial charge in [-0.1, -0.05) is 18.2 Å². The third-order valence-corrected chi connectivity index (χ3v) is 3.79. The number of nitrogens with two attached hydrogens (primary N) is 1. The average molecular weight is 277 g/mol. The fourth-order valence-corrected chi connectivity index (χ4v) is 2.65. The summed E-state index contributed by atoms with van der Waals surface area (Å²) in [7, 11) is 1.64. The Balaban J connectivity index is 1.83. The lowest BCUT2D eigenvalue weighted by Crippen LogP contribution is -2.42. The molecule has 1 amide bonds. The quantitative estimate of drug-likeness (QED) is 0.804. The number of rotatable bonds is 6. The van der Waals surface area contributed by atoms with Crippen LogP contribution in [0.1, 0.15) is 18.4 Å². The molecule has 0 bridgehead atoms. The van der Waals surface area contributed by atoms with Crippen molar-refractivity contribution in [3.8, 4) is 5.75 Å². The van der Waals surface area contributed by atoms with E-state index in [4.69, 9.17) is 10.5 Å². The van der Waals surface area contributed by atoms with Crippen LogP contribution >= 0.6 is 0 Å². The van der Waals surface area contributed by atoms with E-state index in [1.54, 1.807) is 7.11 Å². The number of amides is 1. The Kier molecular flexibility index (Phi) is 5.38. The monoisotopic (exact) mass is 277 g/mol. The lowest BCUT2D eigenvalue weighted by Gasteiger charge is -2.22. The van der Waals surface area contributed by atoms with Crippen LogP contribution in [0.4, 0.5) is 0 Å². The molecule has 1 heterocycles. The zero-order chi connectivity index (χ0) is 14.4. The van der Waals surface area contributed by atoms with Crippen LogP contribution in [0.15, 0.2) is 24.3 Å². The molecule has 0 radical (unpaired) electrons. The topological polar surface area (TPSA) is 67.6 Å². The molecule has 1 atom stereocenters. The number of benzene rings is 1. The molecule has 1 saturated heterocycles. The van der Waals surface area contributed by atoms with Gasteiger partial charge in [0.1, 0.15) is 5.75 Å². The van der Waals surface area contributed by atoms with Crippen LogP contribution in [0.3, 0.4) is 0 Å². The molecule has 0 saturated carbocycles. The van der Waals surface area contributed by atoms with Gasteiger partial charge >= 0.3 is 0 Å². The van der Waals surface area contributed by atoms with Gasteiger partial charge in [0.05, 0.1) is 13.7 Å². The van der Waals surface area contributed by atoms with Crippen molar-refractivity contribution >= 4 is 5.91 Å².